The van der Waals surface area contributed by atoms with Gasteiger partial charge in [0.1, 0.15) is 0 Å². The van der Waals surface area contributed by atoms with Crippen LogP contribution in [0.15, 0.2) is 28.7 Å². The highest BCUT2D eigenvalue weighted by Gasteiger charge is 2.21. The molecule has 1 aromatic carbocycles. The summed E-state index contributed by atoms with van der Waals surface area (Å²) in [5.74, 6) is 0.344. The molecule has 2 aromatic heterocycles. The molecule has 3 aromatic rings. The summed E-state index contributed by atoms with van der Waals surface area (Å²) >= 11 is 6.14. The highest BCUT2D eigenvalue weighted by atomic mass is 35.5. The summed E-state index contributed by atoms with van der Waals surface area (Å²) in [6.45, 7) is 8.28. The molecule has 0 N–H and O–H groups in total. The number of aryl methyl sites for hydroxylation is 1. The molecule has 2 heterocycles. The Morgan fingerprint density at radius 2 is 1.91 bits per heavy atom. The second kappa shape index (κ2) is 6.28. The molecule has 122 valence electrons. The first-order chi connectivity index (χ1) is 11.1. The lowest BCUT2D eigenvalue weighted by Gasteiger charge is -2.16. The monoisotopic (exact) mass is 332 g/mol. The van der Waals surface area contributed by atoms with Gasteiger partial charge >= 0.3 is 0 Å². The second-order valence-corrected chi connectivity index (χ2v) is 6.05. The third kappa shape index (κ3) is 2.61. The number of halogens is 1. The molecule has 4 nitrogen and oxygen atoms in total. The number of fused-ring (bicyclic) bond motifs is 3. The molecule has 0 radical (unpaired) electrons. The molecule has 5 heteroatoms. The van der Waals surface area contributed by atoms with Crippen LogP contribution < -0.4 is 0 Å². The molecule has 0 saturated heterocycles. The Kier molecular flexibility index (Phi) is 4.35. The number of rotatable bonds is 5. The van der Waals surface area contributed by atoms with Crippen molar-refractivity contribution in [3.05, 3.63) is 35.0 Å². The Labute approximate surface area is 140 Å². The maximum absolute atomic E-state index is 12.5. The molecule has 0 saturated carbocycles. The van der Waals surface area contributed by atoms with E-state index in [0.29, 0.717) is 23.9 Å². The summed E-state index contributed by atoms with van der Waals surface area (Å²) in [6.07, 6.45) is 0.996. The van der Waals surface area contributed by atoms with E-state index >= 15 is 0 Å². The highest BCUT2D eigenvalue weighted by molar-refractivity contribution is 6.31. The van der Waals surface area contributed by atoms with Crippen molar-refractivity contribution in [2.75, 3.05) is 13.1 Å². The van der Waals surface area contributed by atoms with Crippen LogP contribution in [-0.2, 0) is 6.54 Å². The number of furan rings is 1. The average Bonchev–Trinajstić information content (AvgIpc) is 3.08. The van der Waals surface area contributed by atoms with Crippen LogP contribution in [0.5, 0.6) is 0 Å². The van der Waals surface area contributed by atoms with Crippen molar-refractivity contribution in [3.63, 3.8) is 0 Å². The van der Waals surface area contributed by atoms with Gasteiger partial charge in [0.2, 0.25) is 0 Å². The quantitative estimate of drug-likeness (QED) is 0.664. The Balaban J connectivity index is 2.20. The fraction of sp³-hybridized carbons (Fsp3) is 0.389. The van der Waals surface area contributed by atoms with Crippen molar-refractivity contribution >= 4 is 39.5 Å². The standard InChI is InChI=1S/C18H21ClN2O2/c1-4-9-21-14-10-12(19)7-8-13(14)17-15(21)11-16(23-17)18(22)20(5-2)6-3/h7-8,10-11H,4-6,9H2,1-3H3. The Morgan fingerprint density at radius 3 is 2.57 bits per heavy atom. The van der Waals surface area contributed by atoms with E-state index in [-0.39, 0.29) is 5.91 Å². The van der Waals surface area contributed by atoms with E-state index in [9.17, 15) is 4.79 Å². The topological polar surface area (TPSA) is 38.4 Å². The smallest absolute Gasteiger partial charge is 0.289 e. The molecule has 0 aliphatic carbocycles. The number of hydrogen-bond acceptors (Lipinski definition) is 2. The number of hydrogen-bond donors (Lipinski definition) is 0. The third-order valence-corrected chi connectivity index (χ3v) is 4.44. The van der Waals surface area contributed by atoms with Gasteiger partial charge in [0.05, 0.1) is 11.0 Å². The van der Waals surface area contributed by atoms with Gasteiger partial charge in [-0.1, -0.05) is 18.5 Å². The molecule has 23 heavy (non-hydrogen) atoms. The normalized spacial score (nSPS) is 11.5. The Hall–Kier alpha value is -1.94. The molecular weight excluding hydrogens is 312 g/mol. The summed E-state index contributed by atoms with van der Waals surface area (Å²) in [5.41, 5.74) is 2.77. The van der Waals surface area contributed by atoms with Gasteiger partial charge in [0, 0.05) is 36.1 Å². The molecule has 0 spiro atoms. The van der Waals surface area contributed by atoms with Gasteiger partial charge < -0.3 is 13.9 Å². The van der Waals surface area contributed by atoms with Gasteiger partial charge in [-0.25, -0.2) is 0 Å². The minimum Gasteiger partial charge on any atom is -0.449 e. The molecule has 0 aliphatic rings. The van der Waals surface area contributed by atoms with E-state index in [0.717, 1.165) is 35.0 Å². The van der Waals surface area contributed by atoms with Gasteiger partial charge in [-0.05, 0) is 38.5 Å². The van der Waals surface area contributed by atoms with Gasteiger partial charge in [-0.15, -0.1) is 0 Å². The van der Waals surface area contributed by atoms with E-state index in [1.807, 2.05) is 38.1 Å². The SMILES string of the molecule is CCCn1c2cc(Cl)ccc2c2oc(C(=O)N(CC)CC)cc21. The number of carbonyl (C=O) groups excluding carboxylic acids is 1. The summed E-state index contributed by atoms with van der Waals surface area (Å²) in [6, 6.07) is 7.63. The number of aromatic nitrogens is 1. The zero-order chi connectivity index (χ0) is 16.6. The molecule has 1 amide bonds. The average molecular weight is 333 g/mol. The lowest BCUT2D eigenvalue weighted by Crippen LogP contribution is -2.30. The summed E-state index contributed by atoms with van der Waals surface area (Å²) in [7, 11) is 0. The second-order valence-electron chi connectivity index (χ2n) is 5.62. The third-order valence-electron chi connectivity index (χ3n) is 4.21. The largest absolute Gasteiger partial charge is 0.449 e. The van der Waals surface area contributed by atoms with Crippen molar-refractivity contribution < 1.29 is 9.21 Å². The van der Waals surface area contributed by atoms with Gasteiger partial charge in [0.15, 0.2) is 11.3 Å². The van der Waals surface area contributed by atoms with E-state index in [2.05, 4.69) is 11.5 Å². The van der Waals surface area contributed by atoms with E-state index in [1.54, 1.807) is 4.90 Å². The van der Waals surface area contributed by atoms with Crippen LogP contribution >= 0.6 is 11.6 Å². The van der Waals surface area contributed by atoms with Gasteiger partial charge in [-0.3, -0.25) is 4.79 Å². The van der Waals surface area contributed by atoms with Crippen LogP contribution in [0.25, 0.3) is 22.0 Å². The first kappa shape index (κ1) is 15.9. The lowest BCUT2D eigenvalue weighted by molar-refractivity contribution is 0.0743. The van der Waals surface area contributed by atoms with Gasteiger partial charge in [-0.2, -0.15) is 0 Å². The molecule has 0 fully saturated rings. The summed E-state index contributed by atoms with van der Waals surface area (Å²) < 4.78 is 8.12. The Bertz CT molecular complexity index is 859. The van der Waals surface area contributed by atoms with Crippen molar-refractivity contribution in [1.82, 2.24) is 9.47 Å². The van der Waals surface area contributed by atoms with Crippen LogP contribution in [0.4, 0.5) is 0 Å². The van der Waals surface area contributed by atoms with E-state index in [4.69, 9.17) is 16.0 Å². The van der Waals surface area contributed by atoms with Crippen molar-refractivity contribution in [2.45, 2.75) is 33.7 Å². The van der Waals surface area contributed by atoms with E-state index in [1.165, 1.54) is 0 Å². The minimum absolute atomic E-state index is 0.0589. The predicted octanol–water partition coefficient (Wildman–Crippen LogP) is 4.93. The number of nitrogens with zero attached hydrogens (tertiary/aromatic N) is 2. The number of carbonyl (C=O) groups is 1. The van der Waals surface area contributed by atoms with Crippen LogP contribution in [0.1, 0.15) is 37.7 Å². The zero-order valence-electron chi connectivity index (χ0n) is 13.7. The first-order valence-electron chi connectivity index (χ1n) is 8.11. The van der Waals surface area contributed by atoms with Crippen LogP contribution in [0.2, 0.25) is 5.02 Å². The maximum Gasteiger partial charge on any atom is 0.289 e. The van der Waals surface area contributed by atoms with Gasteiger partial charge in [0.25, 0.3) is 5.91 Å². The van der Waals surface area contributed by atoms with Crippen LogP contribution in [-0.4, -0.2) is 28.5 Å². The minimum atomic E-state index is -0.0589. The molecule has 0 unspecified atom stereocenters. The lowest BCUT2D eigenvalue weighted by atomic mass is 10.2. The molecule has 0 atom stereocenters. The highest BCUT2D eigenvalue weighted by Crippen LogP contribution is 2.33. The summed E-state index contributed by atoms with van der Waals surface area (Å²) in [4.78, 5) is 14.3. The van der Waals surface area contributed by atoms with Crippen molar-refractivity contribution in [2.24, 2.45) is 0 Å². The van der Waals surface area contributed by atoms with Crippen LogP contribution in [0, 0.1) is 0 Å². The van der Waals surface area contributed by atoms with Crippen molar-refractivity contribution in [1.29, 1.82) is 0 Å². The molecule has 3 rings (SSSR count). The van der Waals surface area contributed by atoms with E-state index < -0.39 is 0 Å². The number of benzene rings is 1. The fourth-order valence-corrected chi connectivity index (χ4v) is 3.23. The molecular formula is C18H21ClN2O2. The zero-order valence-corrected chi connectivity index (χ0v) is 14.5. The predicted molar refractivity (Wildman–Crippen MR) is 94.3 cm³/mol. The maximum atomic E-state index is 12.5. The van der Waals surface area contributed by atoms with Crippen LogP contribution in [0.3, 0.4) is 0 Å². The number of amides is 1. The first-order valence-corrected chi connectivity index (χ1v) is 8.49. The molecule has 0 bridgehead atoms. The fourth-order valence-electron chi connectivity index (χ4n) is 3.06. The summed E-state index contributed by atoms with van der Waals surface area (Å²) in [5, 5.41) is 1.70. The Morgan fingerprint density at radius 1 is 1.17 bits per heavy atom. The molecule has 0 aliphatic heterocycles. The van der Waals surface area contributed by atoms with Crippen molar-refractivity contribution in [3.8, 4) is 0 Å².